The molecule has 2 amide bonds. The first-order valence-corrected chi connectivity index (χ1v) is 14.2. The molecule has 1 aliphatic rings. The molecule has 2 aromatic heterocycles. The molecule has 2 aromatic carbocycles. The lowest BCUT2D eigenvalue weighted by atomic mass is 10.0. The maximum atomic E-state index is 13.5. The Morgan fingerprint density at radius 2 is 2.00 bits per heavy atom. The van der Waals surface area contributed by atoms with Crippen LogP contribution in [0.25, 0.3) is 16.3 Å². The van der Waals surface area contributed by atoms with Crippen molar-refractivity contribution in [3.8, 4) is 11.4 Å². The Labute approximate surface area is 216 Å². The SMILES string of the molecule is CS(=O)(=O)N1CCCc2ccc(NC(=O)C(=O)NCCc3csc4nc(-c5cccc(F)c5)nn34)cc21. The topological polar surface area (TPSA) is 126 Å². The van der Waals surface area contributed by atoms with Crippen LogP contribution in [0, 0.1) is 5.82 Å². The lowest BCUT2D eigenvalue weighted by molar-refractivity contribution is -0.136. The molecular weight excluding hydrogens is 519 g/mol. The summed E-state index contributed by atoms with van der Waals surface area (Å²) in [5.74, 6) is -1.65. The molecule has 0 fully saturated rings. The largest absolute Gasteiger partial charge is 0.347 e. The lowest BCUT2D eigenvalue weighted by Gasteiger charge is -2.29. The summed E-state index contributed by atoms with van der Waals surface area (Å²) >= 11 is 1.37. The second-order valence-corrected chi connectivity index (χ2v) is 11.4. The number of anilines is 2. The smallest absolute Gasteiger partial charge is 0.313 e. The fraction of sp³-hybridized carbons (Fsp3) is 0.250. The van der Waals surface area contributed by atoms with Crippen LogP contribution in [-0.4, -0.2) is 54.2 Å². The van der Waals surface area contributed by atoms with Crippen molar-refractivity contribution in [1.29, 1.82) is 0 Å². The first kappa shape index (κ1) is 24.8. The minimum absolute atomic E-state index is 0.180. The number of sulfonamides is 1. The number of hydrogen-bond donors (Lipinski definition) is 2. The van der Waals surface area contributed by atoms with Crippen LogP contribution in [0.2, 0.25) is 0 Å². The molecule has 13 heteroatoms. The number of aromatic nitrogens is 3. The Kier molecular flexibility index (Phi) is 6.65. The predicted octanol–water partition coefficient (Wildman–Crippen LogP) is 2.61. The molecule has 1 aliphatic heterocycles. The van der Waals surface area contributed by atoms with E-state index < -0.39 is 21.8 Å². The van der Waals surface area contributed by atoms with E-state index in [1.54, 1.807) is 34.8 Å². The maximum absolute atomic E-state index is 13.5. The number of amides is 2. The number of fused-ring (bicyclic) bond motifs is 2. The fourth-order valence-corrected chi connectivity index (χ4v) is 6.03. The third-order valence-corrected chi connectivity index (χ3v) is 7.97. The number of thiazole rings is 1. The zero-order chi connectivity index (χ0) is 26.2. The van der Waals surface area contributed by atoms with E-state index in [1.165, 1.54) is 27.8 Å². The van der Waals surface area contributed by atoms with Gasteiger partial charge in [-0.25, -0.2) is 17.3 Å². The number of benzene rings is 2. The van der Waals surface area contributed by atoms with E-state index in [1.807, 2.05) is 5.38 Å². The Bertz CT molecular complexity index is 1610. The van der Waals surface area contributed by atoms with E-state index in [2.05, 4.69) is 20.7 Å². The summed E-state index contributed by atoms with van der Waals surface area (Å²) in [4.78, 5) is 29.9. The van der Waals surface area contributed by atoms with Crippen molar-refractivity contribution < 1.29 is 22.4 Å². The van der Waals surface area contributed by atoms with Gasteiger partial charge in [0.2, 0.25) is 15.0 Å². The molecule has 0 atom stereocenters. The van der Waals surface area contributed by atoms with E-state index in [0.29, 0.717) is 47.1 Å². The quantitative estimate of drug-likeness (QED) is 0.361. The molecule has 192 valence electrons. The third-order valence-electron chi connectivity index (χ3n) is 5.93. The summed E-state index contributed by atoms with van der Waals surface area (Å²) in [6, 6.07) is 11.0. The second-order valence-electron chi connectivity index (χ2n) is 8.61. The lowest BCUT2D eigenvalue weighted by Crippen LogP contribution is -2.37. The molecular formula is C24H23FN6O4S2. The summed E-state index contributed by atoms with van der Waals surface area (Å²) in [6.45, 7) is 0.550. The molecule has 10 nitrogen and oxygen atoms in total. The molecule has 4 aromatic rings. The van der Waals surface area contributed by atoms with Gasteiger partial charge in [0, 0.05) is 36.1 Å². The molecule has 0 bridgehead atoms. The standard InChI is InChI=1S/C24H23FN6O4S2/c1-37(34,35)30-11-3-5-15-7-8-18(13-20(15)30)27-23(33)22(32)26-10-9-19-14-36-24-28-21(29-31(19)24)16-4-2-6-17(25)12-16/h2,4,6-8,12-14H,3,5,9-11H2,1H3,(H,26,32)(H,27,33). The van der Waals surface area contributed by atoms with Crippen molar-refractivity contribution in [2.75, 3.05) is 29.0 Å². The molecule has 2 N–H and O–H groups in total. The van der Waals surface area contributed by atoms with Gasteiger partial charge in [-0.2, -0.15) is 4.98 Å². The number of carbonyl (C=O) groups is 2. The van der Waals surface area contributed by atoms with Gasteiger partial charge < -0.3 is 10.6 Å². The molecule has 0 saturated carbocycles. The maximum Gasteiger partial charge on any atom is 0.313 e. The molecule has 0 radical (unpaired) electrons. The fourth-order valence-electron chi connectivity index (χ4n) is 4.18. The molecule has 0 unspecified atom stereocenters. The van der Waals surface area contributed by atoms with E-state index in [4.69, 9.17) is 0 Å². The predicted molar refractivity (Wildman–Crippen MR) is 139 cm³/mol. The normalized spacial score (nSPS) is 13.4. The highest BCUT2D eigenvalue weighted by Crippen LogP contribution is 2.31. The summed E-state index contributed by atoms with van der Waals surface area (Å²) in [7, 11) is -3.45. The Hall–Kier alpha value is -3.84. The van der Waals surface area contributed by atoms with Crippen LogP contribution in [0.15, 0.2) is 47.8 Å². The Balaban J connectivity index is 1.20. The summed E-state index contributed by atoms with van der Waals surface area (Å²) in [6.07, 6.45) is 2.99. The zero-order valence-corrected chi connectivity index (χ0v) is 21.4. The number of halogens is 1. The zero-order valence-electron chi connectivity index (χ0n) is 19.8. The summed E-state index contributed by atoms with van der Waals surface area (Å²) in [5, 5.41) is 11.4. The second kappa shape index (κ2) is 9.90. The minimum atomic E-state index is -3.45. The monoisotopic (exact) mass is 542 g/mol. The van der Waals surface area contributed by atoms with Crippen LogP contribution in [-0.2, 0) is 32.5 Å². The van der Waals surface area contributed by atoms with Crippen molar-refractivity contribution in [2.45, 2.75) is 19.3 Å². The van der Waals surface area contributed by atoms with Crippen molar-refractivity contribution in [1.82, 2.24) is 19.9 Å². The minimum Gasteiger partial charge on any atom is -0.347 e. The van der Waals surface area contributed by atoms with Crippen molar-refractivity contribution in [2.24, 2.45) is 0 Å². The van der Waals surface area contributed by atoms with Gasteiger partial charge >= 0.3 is 11.8 Å². The third kappa shape index (κ3) is 5.32. The number of carbonyl (C=O) groups excluding carboxylic acids is 2. The Morgan fingerprint density at radius 1 is 1.16 bits per heavy atom. The average Bonchev–Trinajstić information content (AvgIpc) is 3.44. The highest BCUT2D eigenvalue weighted by Gasteiger charge is 2.25. The number of rotatable bonds is 6. The van der Waals surface area contributed by atoms with Gasteiger partial charge in [-0.3, -0.25) is 13.9 Å². The molecule has 0 aliphatic carbocycles. The average molecular weight is 543 g/mol. The first-order valence-electron chi connectivity index (χ1n) is 11.5. The number of hydrogen-bond acceptors (Lipinski definition) is 7. The molecule has 0 saturated heterocycles. The van der Waals surface area contributed by atoms with Crippen LogP contribution in [0.4, 0.5) is 15.8 Å². The number of nitrogens with zero attached hydrogens (tertiary/aromatic N) is 4. The number of nitrogens with one attached hydrogen (secondary N) is 2. The van der Waals surface area contributed by atoms with Crippen molar-refractivity contribution in [3.05, 3.63) is 64.9 Å². The molecule has 37 heavy (non-hydrogen) atoms. The van der Waals surface area contributed by atoms with Crippen LogP contribution in [0.1, 0.15) is 17.7 Å². The number of aryl methyl sites for hydroxylation is 1. The van der Waals surface area contributed by atoms with E-state index >= 15 is 0 Å². The molecule has 0 spiro atoms. The van der Waals surface area contributed by atoms with Gasteiger partial charge in [-0.1, -0.05) is 18.2 Å². The van der Waals surface area contributed by atoms with E-state index in [0.717, 1.165) is 23.9 Å². The van der Waals surface area contributed by atoms with Crippen LogP contribution in [0.5, 0.6) is 0 Å². The van der Waals surface area contributed by atoms with Gasteiger partial charge in [-0.15, -0.1) is 16.4 Å². The molecule has 5 rings (SSSR count). The van der Waals surface area contributed by atoms with Crippen LogP contribution >= 0.6 is 11.3 Å². The van der Waals surface area contributed by atoms with E-state index in [-0.39, 0.29) is 12.4 Å². The van der Waals surface area contributed by atoms with Crippen LogP contribution in [0.3, 0.4) is 0 Å². The Morgan fingerprint density at radius 3 is 2.78 bits per heavy atom. The van der Waals surface area contributed by atoms with Gasteiger partial charge in [0.25, 0.3) is 0 Å². The van der Waals surface area contributed by atoms with Crippen LogP contribution < -0.4 is 14.9 Å². The highest BCUT2D eigenvalue weighted by atomic mass is 32.2. The van der Waals surface area contributed by atoms with Gasteiger partial charge in [0.15, 0.2) is 5.82 Å². The highest BCUT2D eigenvalue weighted by molar-refractivity contribution is 7.92. The van der Waals surface area contributed by atoms with Crippen molar-refractivity contribution >= 4 is 49.5 Å². The van der Waals surface area contributed by atoms with Gasteiger partial charge in [0.05, 0.1) is 17.6 Å². The van der Waals surface area contributed by atoms with Crippen molar-refractivity contribution in [3.63, 3.8) is 0 Å². The van der Waals surface area contributed by atoms with Gasteiger partial charge in [0.1, 0.15) is 5.82 Å². The molecule has 3 heterocycles. The summed E-state index contributed by atoms with van der Waals surface area (Å²) in [5.41, 5.74) is 3.07. The first-order chi connectivity index (χ1) is 17.7. The summed E-state index contributed by atoms with van der Waals surface area (Å²) < 4.78 is 40.7. The van der Waals surface area contributed by atoms with E-state index in [9.17, 15) is 22.4 Å². The van der Waals surface area contributed by atoms with Gasteiger partial charge in [-0.05, 0) is 42.7 Å².